The van der Waals surface area contributed by atoms with Crippen molar-refractivity contribution in [3.8, 4) is 0 Å². The van der Waals surface area contributed by atoms with E-state index in [0.29, 0.717) is 0 Å². The number of rotatable bonds is 5. The summed E-state index contributed by atoms with van der Waals surface area (Å²) in [4.78, 5) is 0. The second-order valence-corrected chi connectivity index (χ2v) is 5.12. The summed E-state index contributed by atoms with van der Waals surface area (Å²) in [6.45, 7) is 5.96. The lowest BCUT2D eigenvalue weighted by Gasteiger charge is -2.11. The van der Waals surface area contributed by atoms with E-state index in [1.54, 1.807) is 0 Å². The van der Waals surface area contributed by atoms with Crippen LogP contribution in [0.5, 0.6) is 0 Å². The molecule has 0 amide bonds. The molecule has 100 valence electrons. The molecule has 2 N–H and O–H groups in total. The summed E-state index contributed by atoms with van der Waals surface area (Å²) in [7, 11) is 0. The van der Waals surface area contributed by atoms with Crippen LogP contribution in [0.15, 0.2) is 42.5 Å². The van der Waals surface area contributed by atoms with Crippen molar-refractivity contribution in [3.63, 3.8) is 0 Å². The first-order valence-corrected chi connectivity index (χ1v) is 6.83. The Bertz CT molecular complexity index is 552. The van der Waals surface area contributed by atoms with E-state index in [4.69, 9.17) is 11.6 Å². The number of benzene rings is 2. The molecule has 19 heavy (non-hydrogen) atoms. The first kappa shape index (κ1) is 13.8. The van der Waals surface area contributed by atoms with Crippen molar-refractivity contribution >= 4 is 23.0 Å². The minimum absolute atomic E-state index is 0.757. The lowest BCUT2D eigenvalue weighted by molar-refractivity contribution is 1.07. The minimum Gasteiger partial charge on any atom is -0.383 e. The molecular formula is C16H19ClN2. The zero-order valence-corrected chi connectivity index (χ0v) is 12.1. The standard InChI is InChI=1S/C16H19ClN2/c1-12-6-7-16(13(2)10-12)19-9-8-18-15-5-3-4-14(17)11-15/h3-7,10-11,18-19H,8-9H2,1-2H3. The summed E-state index contributed by atoms with van der Waals surface area (Å²) in [6, 6.07) is 14.2. The molecule has 2 nitrogen and oxygen atoms in total. The van der Waals surface area contributed by atoms with Gasteiger partial charge in [-0.2, -0.15) is 0 Å². The largest absolute Gasteiger partial charge is 0.383 e. The Morgan fingerprint density at radius 2 is 1.74 bits per heavy atom. The van der Waals surface area contributed by atoms with Crippen LogP contribution in [-0.2, 0) is 0 Å². The fourth-order valence-electron chi connectivity index (χ4n) is 2.01. The van der Waals surface area contributed by atoms with E-state index in [1.807, 2.05) is 24.3 Å². The zero-order chi connectivity index (χ0) is 13.7. The Labute approximate surface area is 119 Å². The third-order valence-electron chi connectivity index (χ3n) is 2.98. The van der Waals surface area contributed by atoms with Crippen LogP contribution in [0.25, 0.3) is 0 Å². The molecule has 2 aromatic carbocycles. The quantitative estimate of drug-likeness (QED) is 0.786. The van der Waals surface area contributed by atoms with Crippen molar-refractivity contribution in [3.05, 3.63) is 58.6 Å². The van der Waals surface area contributed by atoms with Gasteiger partial charge in [-0.25, -0.2) is 0 Å². The zero-order valence-electron chi connectivity index (χ0n) is 11.3. The van der Waals surface area contributed by atoms with Gasteiger partial charge in [-0.05, 0) is 43.7 Å². The minimum atomic E-state index is 0.757. The highest BCUT2D eigenvalue weighted by atomic mass is 35.5. The Kier molecular flexibility index (Phi) is 4.69. The highest BCUT2D eigenvalue weighted by Gasteiger charge is 1.97. The lowest BCUT2D eigenvalue weighted by atomic mass is 10.1. The Hall–Kier alpha value is -1.67. The maximum absolute atomic E-state index is 5.93. The van der Waals surface area contributed by atoms with Crippen LogP contribution in [0.1, 0.15) is 11.1 Å². The molecule has 0 aliphatic rings. The summed E-state index contributed by atoms with van der Waals surface area (Å²) in [5.74, 6) is 0. The monoisotopic (exact) mass is 274 g/mol. The summed E-state index contributed by atoms with van der Waals surface area (Å²) in [6.07, 6.45) is 0. The van der Waals surface area contributed by atoms with Crippen molar-refractivity contribution in [2.75, 3.05) is 23.7 Å². The van der Waals surface area contributed by atoms with E-state index in [-0.39, 0.29) is 0 Å². The van der Waals surface area contributed by atoms with Crippen LogP contribution < -0.4 is 10.6 Å². The number of halogens is 1. The fraction of sp³-hybridized carbons (Fsp3) is 0.250. The molecule has 0 heterocycles. The van der Waals surface area contributed by atoms with Crippen molar-refractivity contribution in [1.82, 2.24) is 0 Å². The van der Waals surface area contributed by atoms with Gasteiger partial charge >= 0.3 is 0 Å². The second kappa shape index (κ2) is 6.48. The second-order valence-electron chi connectivity index (χ2n) is 4.68. The summed E-state index contributed by atoms with van der Waals surface area (Å²) < 4.78 is 0. The van der Waals surface area contributed by atoms with Gasteiger partial charge in [0.05, 0.1) is 0 Å². The van der Waals surface area contributed by atoms with Gasteiger partial charge in [0.15, 0.2) is 0 Å². The Morgan fingerprint density at radius 1 is 0.947 bits per heavy atom. The van der Waals surface area contributed by atoms with E-state index >= 15 is 0 Å². The lowest BCUT2D eigenvalue weighted by Crippen LogP contribution is -2.14. The number of anilines is 2. The van der Waals surface area contributed by atoms with Crippen LogP contribution >= 0.6 is 11.6 Å². The average Bonchev–Trinajstić information content (AvgIpc) is 2.37. The maximum atomic E-state index is 5.93. The molecule has 0 saturated carbocycles. The smallest absolute Gasteiger partial charge is 0.0426 e. The highest BCUT2D eigenvalue weighted by molar-refractivity contribution is 6.30. The maximum Gasteiger partial charge on any atom is 0.0426 e. The van der Waals surface area contributed by atoms with Crippen LogP contribution in [-0.4, -0.2) is 13.1 Å². The molecule has 0 aliphatic carbocycles. The van der Waals surface area contributed by atoms with E-state index < -0.39 is 0 Å². The van der Waals surface area contributed by atoms with Crippen LogP contribution in [0.3, 0.4) is 0 Å². The number of aryl methyl sites for hydroxylation is 2. The van der Waals surface area contributed by atoms with Gasteiger partial charge in [0.1, 0.15) is 0 Å². The predicted molar refractivity (Wildman–Crippen MR) is 84.3 cm³/mol. The van der Waals surface area contributed by atoms with Crippen LogP contribution in [0.4, 0.5) is 11.4 Å². The van der Waals surface area contributed by atoms with Crippen LogP contribution in [0.2, 0.25) is 5.02 Å². The van der Waals surface area contributed by atoms with Gasteiger partial charge < -0.3 is 10.6 Å². The predicted octanol–water partition coefficient (Wildman–Crippen LogP) is 4.48. The molecule has 2 rings (SSSR count). The van der Waals surface area contributed by atoms with Crippen molar-refractivity contribution in [1.29, 1.82) is 0 Å². The molecule has 2 aromatic rings. The molecule has 0 aromatic heterocycles. The Balaban J connectivity index is 1.81. The highest BCUT2D eigenvalue weighted by Crippen LogP contribution is 2.16. The van der Waals surface area contributed by atoms with Crippen molar-refractivity contribution in [2.24, 2.45) is 0 Å². The van der Waals surface area contributed by atoms with Gasteiger partial charge in [0, 0.05) is 29.5 Å². The molecule has 0 atom stereocenters. The number of nitrogens with one attached hydrogen (secondary N) is 2. The third kappa shape index (κ3) is 4.18. The molecule has 0 saturated heterocycles. The van der Waals surface area contributed by atoms with Gasteiger partial charge in [-0.3, -0.25) is 0 Å². The molecule has 0 bridgehead atoms. The van der Waals surface area contributed by atoms with E-state index in [9.17, 15) is 0 Å². The van der Waals surface area contributed by atoms with Gasteiger partial charge in [0.25, 0.3) is 0 Å². The average molecular weight is 275 g/mol. The van der Waals surface area contributed by atoms with E-state index in [1.165, 1.54) is 16.8 Å². The fourth-order valence-corrected chi connectivity index (χ4v) is 2.20. The van der Waals surface area contributed by atoms with Crippen molar-refractivity contribution in [2.45, 2.75) is 13.8 Å². The molecule has 0 aliphatic heterocycles. The topological polar surface area (TPSA) is 24.1 Å². The normalized spacial score (nSPS) is 10.3. The SMILES string of the molecule is Cc1ccc(NCCNc2cccc(Cl)c2)c(C)c1. The molecule has 0 unspecified atom stereocenters. The first-order chi connectivity index (χ1) is 9.15. The molecular weight excluding hydrogens is 256 g/mol. The summed E-state index contributed by atoms with van der Waals surface area (Å²) in [5.41, 5.74) is 4.82. The van der Waals surface area contributed by atoms with Crippen LogP contribution in [0, 0.1) is 13.8 Å². The number of hydrogen-bond donors (Lipinski definition) is 2. The van der Waals surface area contributed by atoms with E-state index in [2.05, 4.69) is 42.7 Å². The molecule has 0 spiro atoms. The Morgan fingerprint density at radius 3 is 2.47 bits per heavy atom. The van der Waals surface area contributed by atoms with E-state index in [0.717, 1.165) is 23.8 Å². The molecule has 0 fully saturated rings. The number of hydrogen-bond acceptors (Lipinski definition) is 2. The summed E-state index contributed by atoms with van der Waals surface area (Å²) >= 11 is 5.93. The first-order valence-electron chi connectivity index (χ1n) is 6.46. The third-order valence-corrected chi connectivity index (χ3v) is 3.21. The van der Waals surface area contributed by atoms with Gasteiger partial charge in [-0.1, -0.05) is 35.4 Å². The molecule has 0 radical (unpaired) electrons. The molecule has 3 heteroatoms. The van der Waals surface area contributed by atoms with Gasteiger partial charge in [0.2, 0.25) is 0 Å². The van der Waals surface area contributed by atoms with Crippen molar-refractivity contribution < 1.29 is 0 Å². The summed E-state index contributed by atoms with van der Waals surface area (Å²) in [5, 5.41) is 7.53. The van der Waals surface area contributed by atoms with Gasteiger partial charge in [-0.15, -0.1) is 0 Å².